The van der Waals surface area contributed by atoms with Gasteiger partial charge < -0.3 is 4.90 Å². The van der Waals surface area contributed by atoms with Crippen LogP contribution in [0.2, 0.25) is 5.02 Å². The molecule has 0 radical (unpaired) electrons. The lowest BCUT2D eigenvalue weighted by atomic mass is 10.1. The molecule has 21 heavy (non-hydrogen) atoms. The van der Waals surface area contributed by atoms with E-state index in [-0.39, 0.29) is 12.0 Å². The van der Waals surface area contributed by atoms with E-state index in [4.69, 9.17) is 11.6 Å². The Morgan fingerprint density at radius 1 is 1.19 bits per heavy atom. The molecular formula is C16H18ClN3O. The van der Waals surface area contributed by atoms with Crippen LogP contribution < -0.4 is 0 Å². The van der Waals surface area contributed by atoms with Crippen LogP contribution in [0.5, 0.6) is 0 Å². The second-order valence-electron chi connectivity index (χ2n) is 5.72. The van der Waals surface area contributed by atoms with Crippen molar-refractivity contribution in [3.8, 4) is 6.07 Å². The molecule has 110 valence electrons. The summed E-state index contributed by atoms with van der Waals surface area (Å²) in [7, 11) is 0. The number of nitrogens with zero attached hydrogens (tertiary/aromatic N) is 3. The summed E-state index contributed by atoms with van der Waals surface area (Å²) in [6.45, 7) is 2.95. The van der Waals surface area contributed by atoms with Crippen molar-refractivity contribution in [2.45, 2.75) is 18.9 Å². The summed E-state index contributed by atoms with van der Waals surface area (Å²) >= 11 is 5.89. The molecule has 1 atom stereocenters. The number of halogens is 1. The van der Waals surface area contributed by atoms with Crippen molar-refractivity contribution in [3.63, 3.8) is 0 Å². The lowest BCUT2D eigenvalue weighted by Crippen LogP contribution is -2.49. The highest BCUT2D eigenvalue weighted by Gasteiger charge is 2.35. The Bertz CT molecular complexity index is 554. The fourth-order valence-electron chi connectivity index (χ4n) is 2.80. The maximum atomic E-state index is 12.0. The van der Waals surface area contributed by atoms with E-state index in [1.807, 2.05) is 29.2 Å². The number of carbonyl (C=O) groups excluding carboxylic acids is 1. The predicted molar refractivity (Wildman–Crippen MR) is 80.7 cm³/mol. The van der Waals surface area contributed by atoms with Crippen molar-refractivity contribution in [2.75, 3.05) is 26.2 Å². The number of hydrogen-bond acceptors (Lipinski definition) is 3. The van der Waals surface area contributed by atoms with Gasteiger partial charge in [-0.25, -0.2) is 0 Å². The first-order valence-electron chi connectivity index (χ1n) is 7.37. The first-order valence-corrected chi connectivity index (χ1v) is 7.75. The zero-order chi connectivity index (χ0) is 14.8. The second-order valence-corrected chi connectivity index (χ2v) is 6.16. The third-order valence-corrected chi connectivity index (χ3v) is 4.48. The van der Waals surface area contributed by atoms with Gasteiger partial charge in [0.25, 0.3) is 0 Å². The Labute approximate surface area is 129 Å². The van der Waals surface area contributed by atoms with Crippen LogP contribution in [0.4, 0.5) is 0 Å². The minimum absolute atomic E-state index is 0.263. The molecule has 1 aromatic rings. The van der Waals surface area contributed by atoms with Crippen LogP contribution in [0.15, 0.2) is 24.3 Å². The molecule has 1 unspecified atom stereocenters. The minimum Gasteiger partial charge on any atom is -0.340 e. The lowest BCUT2D eigenvalue weighted by Gasteiger charge is -2.37. The Kier molecular flexibility index (Phi) is 4.14. The molecular weight excluding hydrogens is 286 g/mol. The molecule has 2 fully saturated rings. The van der Waals surface area contributed by atoms with Crippen LogP contribution in [0.3, 0.4) is 0 Å². The number of amides is 1. The summed E-state index contributed by atoms with van der Waals surface area (Å²) in [5.74, 6) is 0.578. The molecule has 1 saturated carbocycles. The summed E-state index contributed by atoms with van der Waals surface area (Å²) < 4.78 is 0. The van der Waals surface area contributed by atoms with Crippen LogP contribution in [0, 0.1) is 17.2 Å². The van der Waals surface area contributed by atoms with Crippen LogP contribution in [-0.2, 0) is 4.79 Å². The zero-order valence-electron chi connectivity index (χ0n) is 11.8. The van der Waals surface area contributed by atoms with Crippen molar-refractivity contribution in [1.29, 1.82) is 5.26 Å². The smallest absolute Gasteiger partial charge is 0.225 e. The van der Waals surface area contributed by atoms with Gasteiger partial charge in [-0.3, -0.25) is 9.69 Å². The molecule has 1 aliphatic carbocycles. The molecule has 1 amide bonds. The Balaban J connectivity index is 1.63. The molecule has 0 N–H and O–H groups in total. The predicted octanol–water partition coefficient (Wildman–Crippen LogP) is 2.46. The molecule has 1 heterocycles. The van der Waals surface area contributed by atoms with E-state index in [0.717, 1.165) is 44.6 Å². The highest BCUT2D eigenvalue weighted by molar-refractivity contribution is 6.30. The van der Waals surface area contributed by atoms with E-state index >= 15 is 0 Å². The summed E-state index contributed by atoms with van der Waals surface area (Å²) in [5, 5.41) is 10.1. The van der Waals surface area contributed by atoms with E-state index < -0.39 is 0 Å². The van der Waals surface area contributed by atoms with Gasteiger partial charge in [0, 0.05) is 37.1 Å². The van der Waals surface area contributed by atoms with Crippen molar-refractivity contribution in [2.24, 2.45) is 5.92 Å². The molecule has 4 nitrogen and oxygen atoms in total. The average molecular weight is 304 g/mol. The summed E-state index contributed by atoms with van der Waals surface area (Å²) in [4.78, 5) is 16.1. The number of benzene rings is 1. The van der Waals surface area contributed by atoms with Crippen molar-refractivity contribution in [3.05, 3.63) is 34.9 Å². The van der Waals surface area contributed by atoms with Gasteiger partial charge >= 0.3 is 0 Å². The molecule has 1 aliphatic heterocycles. The van der Waals surface area contributed by atoms with Crippen molar-refractivity contribution >= 4 is 17.5 Å². The van der Waals surface area contributed by atoms with Crippen LogP contribution in [0.25, 0.3) is 0 Å². The van der Waals surface area contributed by atoms with E-state index in [1.54, 1.807) is 0 Å². The van der Waals surface area contributed by atoms with E-state index in [0.29, 0.717) is 10.9 Å². The molecule has 0 aromatic heterocycles. The van der Waals surface area contributed by atoms with Gasteiger partial charge in [0.1, 0.15) is 6.04 Å². The molecule has 5 heteroatoms. The highest BCUT2D eigenvalue weighted by Crippen LogP contribution is 2.32. The highest BCUT2D eigenvalue weighted by atomic mass is 35.5. The van der Waals surface area contributed by atoms with Gasteiger partial charge in [-0.05, 0) is 30.5 Å². The fourth-order valence-corrected chi connectivity index (χ4v) is 2.93. The van der Waals surface area contributed by atoms with Crippen LogP contribution >= 0.6 is 11.6 Å². The number of nitriles is 1. The van der Waals surface area contributed by atoms with Gasteiger partial charge in [0.05, 0.1) is 6.07 Å². The summed E-state index contributed by atoms with van der Waals surface area (Å²) in [6.07, 6.45) is 2.09. The standard InChI is InChI=1S/C16H18ClN3O/c17-14-5-3-12(4-6-14)15(11-18)19-7-9-20(10-8-19)16(21)13-1-2-13/h3-6,13,15H,1-2,7-10H2. The maximum Gasteiger partial charge on any atom is 0.225 e. The Morgan fingerprint density at radius 2 is 1.81 bits per heavy atom. The number of hydrogen-bond donors (Lipinski definition) is 0. The van der Waals surface area contributed by atoms with E-state index in [1.165, 1.54) is 0 Å². The average Bonchev–Trinajstić information content (AvgIpc) is 3.35. The Morgan fingerprint density at radius 3 is 2.33 bits per heavy atom. The molecule has 0 bridgehead atoms. The van der Waals surface area contributed by atoms with Crippen molar-refractivity contribution in [1.82, 2.24) is 9.80 Å². The topological polar surface area (TPSA) is 47.3 Å². The number of piperazine rings is 1. The minimum atomic E-state index is -0.263. The molecule has 0 spiro atoms. The molecule has 2 aliphatic rings. The lowest BCUT2D eigenvalue weighted by molar-refractivity contribution is -0.134. The van der Waals surface area contributed by atoms with Crippen LogP contribution in [-0.4, -0.2) is 41.9 Å². The monoisotopic (exact) mass is 303 g/mol. The van der Waals surface area contributed by atoms with Gasteiger partial charge in [0.15, 0.2) is 0 Å². The quantitative estimate of drug-likeness (QED) is 0.862. The van der Waals surface area contributed by atoms with Crippen molar-refractivity contribution < 1.29 is 4.79 Å². The van der Waals surface area contributed by atoms with Crippen LogP contribution in [0.1, 0.15) is 24.4 Å². The molecule has 3 rings (SSSR count). The first-order chi connectivity index (χ1) is 10.2. The zero-order valence-corrected chi connectivity index (χ0v) is 12.6. The summed E-state index contributed by atoms with van der Waals surface area (Å²) in [5.41, 5.74) is 0.962. The third kappa shape index (κ3) is 3.20. The first kappa shape index (κ1) is 14.4. The second kappa shape index (κ2) is 6.05. The van der Waals surface area contributed by atoms with Gasteiger partial charge in [-0.15, -0.1) is 0 Å². The van der Waals surface area contributed by atoms with Gasteiger partial charge in [-0.2, -0.15) is 5.26 Å². The molecule has 1 aromatic carbocycles. The van der Waals surface area contributed by atoms with Gasteiger partial charge in [0.2, 0.25) is 5.91 Å². The Hall–Kier alpha value is -1.57. The number of rotatable bonds is 3. The SMILES string of the molecule is N#CC(c1ccc(Cl)cc1)N1CCN(C(=O)C2CC2)CC1. The third-order valence-electron chi connectivity index (χ3n) is 4.23. The normalized spacial score (nSPS) is 20.9. The maximum absolute atomic E-state index is 12.0. The van der Waals surface area contributed by atoms with E-state index in [2.05, 4.69) is 11.0 Å². The fraction of sp³-hybridized carbons (Fsp3) is 0.500. The van der Waals surface area contributed by atoms with E-state index in [9.17, 15) is 10.1 Å². The number of carbonyl (C=O) groups is 1. The summed E-state index contributed by atoms with van der Waals surface area (Å²) in [6, 6.07) is 9.53. The largest absolute Gasteiger partial charge is 0.340 e. The molecule has 1 saturated heterocycles. The van der Waals surface area contributed by atoms with Gasteiger partial charge in [-0.1, -0.05) is 23.7 Å².